The number of carbonyl (C=O) groups is 2. The van der Waals surface area contributed by atoms with E-state index in [0.717, 1.165) is 0 Å². The molecular formula is C23H26N2O5. The molecule has 7 heteroatoms. The largest absolute Gasteiger partial charge is 0.493 e. The van der Waals surface area contributed by atoms with Crippen LogP contribution in [-0.2, 0) is 9.53 Å². The average molecular weight is 410 g/mol. The van der Waals surface area contributed by atoms with E-state index in [4.69, 9.17) is 14.2 Å². The van der Waals surface area contributed by atoms with Gasteiger partial charge in [0.1, 0.15) is 0 Å². The number of nitrogens with one attached hydrogen (secondary N) is 2. The molecule has 1 atom stereocenters. The molecule has 3 rings (SSSR count). The third kappa shape index (κ3) is 4.56. The monoisotopic (exact) mass is 410 g/mol. The molecule has 30 heavy (non-hydrogen) atoms. The maximum atomic E-state index is 12.9. The number of benzene rings is 2. The quantitative estimate of drug-likeness (QED) is 0.678. The second-order valence-corrected chi connectivity index (χ2v) is 6.98. The van der Waals surface area contributed by atoms with Crippen LogP contribution in [0.1, 0.15) is 37.9 Å². The molecule has 0 spiro atoms. The van der Waals surface area contributed by atoms with Crippen molar-refractivity contribution in [3.63, 3.8) is 0 Å². The molecule has 0 aromatic heterocycles. The molecule has 2 aromatic rings. The van der Waals surface area contributed by atoms with E-state index in [0.29, 0.717) is 33.9 Å². The van der Waals surface area contributed by atoms with Crippen LogP contribution in [0.5, 0.6) is 11.5 Å². The number of urea groups is 1. The van der Waals surface area contributed by atoms with Gasteiger partial charge >= 0.3 is 12.0 Å². The van der Waals surface area contributed by atoms with Crippen molar-refractivity contribution >= 4 is 17.7 Å². The van der Waals surface area contributed by atoms with Crippen LogP contribution in [0.4, 0.5) is 4.79 Å². The second-order valence-electron chi connectivity index (χ2n) is 6.98. The summed E-state index contributed by atoms with van der Waals surface area (Å²) in [7, 11) is 1.55. The molecule has 2 amide bonds. The van der Waals surface area contributed by atoms with Gasteiger partial charge in [-0.1, -0.05) is 36.4 Å². The van der Waals surface area contributed by atoms with Gasteiger partial charge < -0.3 is 24.8 Å². The first-order chi connectivity index (χ1) is 14.4. The minimum Gasteiger partial charge on any atom is -0.493 e. The second kappa shape index (κ2) is 9.35. The number of methoxy groups -OCH3 is 1. The number of hydrogen-bond donors (Lipinski definition) is 2. The number of esters is 1. The van der Waals surface area contributed by atoms with Gasteiger partial charge in [-0.05, 0) is 44.0 Å². The predicted molar refractivity (Wildman–Crippen MR) is 113 cm³/mol. The number of carbonyl (C=O) groups excluding carboxylic acids is 2. The van der Waals surface area contributed by atoms with E-state index < -0.39 is 18.0 Å². The number of ether oxygens (including phenoxy) is 3. The predicted octanol–water partition coefficient (Wildman–Crippen LogP) is 3.81. The Labute approximate surface area is 176 Å². The first kappa shape index (κ1) is 21.2. The summed E-state index contributed by atoms with van der Waals surface area (Å²) in [6, 6.07) is 13.4. The van der Waals surface area contributed by atoms with Gasteiger partial charge in [-0.2, -0.15) is 0 Å². The summed E-state index contributed by atoms with van der Waals surface area (Å²) in [5.41, 5.74) is 2.13. The zero-order valence-corrected chi connectivity index (χ0v) is 17.5. The van der Waals surface area contributed by atoms with Crippen LogP contribution in [0.15, 0.2) is 54.1 Å². The van der Waals surface area contributed by atoms with Crippen LogP contribution in [0, 0.1) is 0 Å². The standard InChI is InChI=1S/C23H26N2O5/c1-5-29-22(26)19-20(15-9-7-6-8-10-15)24-23(27)25-21(19)16-11-12-17(30-14(2)3)18(13-16)28-4/h6-14,21H,5H2,1-4H3,(H2,24,25,27). The molecule has 0 radical (unpaired) electrons. The number of amides is 2. The van der Waals surface area contributed by atoms with Crippen LogP contribution < -0.4 is 20.1 Å². The topological polar surface area (TPSA) is 85.9 Å². The first-order valence-electron chi connectivity index (χ1n) is 9.83. The van der Waals surface area contributed by atoms with E-state index in [2.05, 4.69) is 10.6 Å². The SMILES string of the molecule is CCOC(=O)C1=C(c2ccccc2)NC(=O)NC1c1ccc(OC(C)C)c(OC)c1. The van der Waals surface area contributed by atoms with Crippen molar-refractivity contribution in [2.75, 3.05) is 13.7 Å². The van der Waals surface area contributed by atoms with Crippen LogP contribution in [0.3, 0.4) is 0 Å². The van der Waals surface area contributed by atoms with Gasteiger partial charge in [0, 0.05) is 0 Å². The van der Waals surface area contributed by atoms with Crippen molar-refractivity contribution in [3.05, 3.63) is 65.2 Å². The van der Waals surface area contributed by atoms with Crippen molar-refractivity contribution in [2.45, 2.75) is 32.9 Å². The Kier molecular flexibility index (Phi) is 6.61. The van der Waals surface area contributed by atoms with E-state index in [-0.39, 0.29) is 12.7 Å². The van der Waals surface area contributed by atoms with Gasteiger partial charge in [-0.3, -0.25) is 0 Å². The summed E-state index contributed by atoms with van der Waals surface area (Å²) < 4.78 is 16.6. The van der Waals surface area contributed by atoms with Crippen molar-refractivity contribution in [1.29, 1.82) is 0 Å². The lowest BCUT2D eigenvalue weighted by atomic mass is 9.92. The normalized spacial score (nSPS) is 16.0. The fourth-order valence-electron chi connectivity index (χ4n) is 3.29. The van der Waals surface area contributed by atoms with E-state index in [9.17, 15) is 9.59 Å². The van der Waals surface area contributed by atoms with Crippen LogP contribution in [0.25, 0.3) is 5.70 Å². The molecule has 1 aliphatic heterocycles. The highest BCUT2D eigenvalue weighted by Gasteiger charge is 2.34. The van der Waals surface area contributed by atoms with E-state index in [1.54, 1.807) is 32.2 Å². The lowest BCUT2D eigenvalue weighted by Crippen LogP contribution is -2.45. The minimum atomic E-state index is -0.713. The molecule has 0 fully saturated rings. The number of rotatable bonds is 7. The van der Waals surface area contributed by atoms with Gasteiger partial charge in [-0.25, -0.2) is 9.59 Å². The highest BCUT2D eigenvalue weighted by atomic mass is 16.5. The van der Waals surface area contributed by atoms with Gasteiger partial charge in [-0.15, -0.1) is 0 Å². The summed E-state index contributed by atoms with van der Waals surface area (Å²) in [6.45, 7) is 5.81. The lowest BCUT2D eigenvalue weighted by molar-refractivity contribution is -0.138. The molecule has 0 aliphatic carbocycles. The fourth-order valence-corrected chi connectivity index (χ4v) is 3.29. The third-order valence-electron chi connectivity index (χ3n) is 4.51. The smallest absolute Gasteiger partial charge is 0.338 e. The van der Waals surface area contributed by atoms with E-state index in [1.807, 2.05) is 44.2 Å². The zero-order valence-electron chi connectivity index (χ0n) is 17.5. The van der Waals surface area contributed by atoms with Crippen molar-refractivity contribution in [2.24, 2.45) is 0 Å². The maximum absolute atomic E-state index is 12.9. The Morgan fingerprint density at radius 2 is 1.83 bits per heavy atom. The zero-order chi connectivity index (χ0) is 21.7. The number of hydrogen-bond acceptors (Lipinski definition) is 5. The highest BCUT2D eigenvalue weighted by molar-refractivity contribution is 6.04. The van der Waals surface area contributed by atoms with Crippen molar-refractivity contribution < 1.29 is 23.8 Å². The molecule has 1 aliphatic rings. The molecule has 158 valence electrons. The molecule has 0 bridgehead atoms. The maximum Gasteiger partial charge on any atom is 0.338 e. The lowest BCUT2D eigenvalue weighted by Gasteiger charge is -2.30. The summed E-state index contributed by atoms with van der Waals surface area (Å²) >= 11 is 0. The molecule has 0 saturated carbocycles. The van der Waals surface area contributed by atoms with E-state index in [1.165, 1.54) is 0 Å². The van der Waals surface area contributed by atoms with Crippen LogP contribution >= 0.6 is 0 Å². The Morgan fingerprint density at radius 1 is 1.10 bits per heavy atom. The molecule has 1 unspecified atom stereocenters. The van der Waals surface area contributed by atoms with Crippen LogP contribution in [0.2, 0.25) is 0 Å². The van der Waals surface area contributed by atoms with Gasteiger partial charge in [0.05, 0.1) is 37.1 Å². The van der Waals surface area contributed by atoms with E-state index >= 15 is 0 Å². The van der Waals surface area contributed by atoms with Gasteiger partial charge in [0.15, 0.2) is 11.5 Å². The first-order valence-corrected chi connectivity index (χ1v) is 9.83. The molecule has 0 saturated heterocycles. The minimum absolute atomic E-state index is 0.0250. The highest BCUT2D eigenvalue weighted by Crippen LogP contribution is 2.36. The summed E-state index contributed by atoms with van der Waals surface area (Å²) in [5.74, 6) is 0.593. The summed E-state index contributed by atoms with van der Waals surface area (Å²) in [4.78, 5) is 25.4. The van der Waals surface area contributed by atoms with Crippen LogP contribution in [-0.4, -0.2) is 31.8 Å². The third-order valence-corrected chi connectivity index (χ3v) is 4.51. The Hall–Kier alpha value is -3.48. The molecule has 7 nitrogen and oxygen atoms in total. The summed E-state index contributed by atoms with van der Waals surface area (Å²) in [5, 5.41) is 5.59. The molecule has 2 aromatic carbocycles. The van der Waals surface area contributed by atoms with Gasteiger partial charge in [0.25, 0.3) is 0 Å². The average Bonchev–Trinajstić information content (AvgIpc) is 2.73. The molecule has 1 heterocycles. The van der Waals surface area contributed by atoms with Gasteiger partial charge in [0.2, 0.25) is 0 Å². The molecular weight excluding hydrogens is 384 g/mol. The fraction of sp³-hybridized carbons (Fsp3) is 0.304. The Bertz CT molecular complexity index is 953. The van der Waals surface area contributed by atoms with Crippen molar-refractivity contribution in [3.8, 4) is 11.5 Å². The summed E-state index contributed by atoms with van der Waals surface area (Å²) in [6.07, 6.45) is -0.0250. The van der Waals surface area contributed by atoms with Crippen molar-refractivity contribution in [1.82, 2.24) is 10.6 Å². The molecule has 2 N–H and O–H groups in total. The Morgan fingerprint density at radius 3 is 2.47 bits per heavy atom. The Balaban J connectivity index is 2.13.